The predicted molar refractivity (Wildman–Crippen MR) is 128 cm³/mol. The molecule has 33 heavy (non-hydrogen) atoms. The number of hydrogen-bond donors (Lipinski definition) is 1. The molecule has 0 spiro atoms. The van der Waals surface area contributed by atoms with E-state index in [-0.39, 0.29) is 11.6 Å². The maximum Gasteiger partial charge on any atom is 0.410 e. The van der Waals surface area contributed by atoms with E-state index in [4.69, 9.17) is 19.4 Å². The summed E-state index contributed by atoms with van der Waals surface area (Å²) in [5.74, 6) is 0.949. The Kier molecular flexibility index (Phi) is 6.73. The van der Waals surface area contributed by atoms with E-state index in [9.17, 15) is 4.79 Å². The number of fused-ring (bicyclic) bond motifs is 1. The summed E-state index contributed by atoms with van der Waals surface area (Å²) in [6.45, 7) is 15.2. The molecule has 0 unspecified atom stereocenters. The van der Waals surface area contributed by atoms with Crippen LogP contribution in [-0.4, -0.2) is 89.4 Å². The second-order valence-corrected chi connectivity index (χ2v) is 11.1. The molecule has 0 saturated carbocycles. The molecule has 1 aromatic heterocycles. The minimum absolute atomic E-state index is 0.256. The van der Waals surface area contributed by atoms with Gasteiger partial charge in [0.15, 0.2) is 0 Å². The van der Waals surface area contributed by atoms with Gasteiger partial charge in [-0.2, -0.15) is 9.97 Å². The van der Waals surface area contributed by atoms with Gasteiger partial charge in [-0.15, -0.1) is 0 Å². The van der Waals surface area contributed by atoms with E-state index in [2.05, 4.69) is 36.0 Å². The van der Waals surface area contributed by atoms with Crippen LogP contribution in [0.1, 0.15) is 58.7 Å². The number of rotatable bonds is 4. The van der Waals surface area contributed by atoms with Gasteiger partial charge < -0.3 is 29.5 Å². The molecule has 1 aromatic rings. The lowest BCUT2D eigenvalue weighted by molar-refractivity contribution is 0.0178. The third-order valence-electron chi connectivity index (χ3n) is 6.78. The highest BCUT2D eigenvalue weighted by Crippen LogP contribution is 2.33. The van der Waals surface area contributed by atoms with Crippen LogP contribution in [0.5, 0.6) is 6.01 Å². The zero-order valence-corrected chi connectivity index (χ0v) is 21.1. The van der Waals surface area contributed by atoms with E-state index in [0.29, 0.717) is 38.3 Å². The lowest BCUT2D eigenvalue weighted by Gasteiger charge is -2.48. The van der Waals surface area contributed by atoms with Crippen LogP contribution < -0.4 is 15.0 Å². The Labute approximate surface area is 197 Å². The first-order valence-corrected chi connectivity index (χ1v) is 12.2. The Balaban J connectivity index is 1.55. The fourth-order valence-corrected chi connectivity index (χ4v) is 5.00. The standard InChI is InChI=1S/C24H40N6O3/c1-23(2,3)33-22(31)29-12-13-30(24(4,5)16-29)20-18-9-10-25-14-19(18)26-21(27-20)32-15-17-8-7-11-28(17)6/h17,25H,7-16H2,1-6H3/t17-/m0/s1. The number of likely N-dealkylation sites (tertiary alicyclic amines) is 1. The summed E-state index contributed by atoms with van der Waals surface area (Å²) in [4.78, 5) is 28.9. The van der Waals surface area contributed by atoms with E-state index in [1.54, 1.807) is 0 Å². The normalized spacial score (nSPS) is 23.4. The van der Waals surface area contributed by atoms with Crippen molar-refractivity contribution in [3.05, 3.63) is 11.3 Å². The monoisotopic (exact) mass is 460 g/mol. The maximum atomic E-state index is 12.7. The van der Waals surface area contributed by atoms with E-state index in [1.807, 2.05) is 25.7 Å². The van der Waals surface area contributed by atoms with Crippen LogP contribution in [-0.2, 0) is 17.7 Å². The zero-order chi connectivity index (χ0) is 23.8. The average Bonchev–Trinajstić information content (AvgIpc) is 3.14. The molecule has 2 saturated heterocycles. The average molecular weight is 461 g/mol. The van der Waals surface area contributed by atoms with Crippen LogP contribution in [0.25, 0.3) is 0 Å². The smallest absolute Gasteiger partial charge is 0.410 e. The molecule has 0 aromatic carbocycles. The number of piperazine rings is 1. The third-order valence-corrected chi connectivity index (χ3v) is 6.78. The molecule has 1 atom stereocenters. The van der Waals surface area contributed by atoms with Crippen LogP contribution in [0, 0.1) is 0 Å². The van der Waals surface area contributed by atoms with E-state index in [1.165, 1.54) is 12.0 Å². The second kappa shape index (κ2) is 9.25. The number of ether oxygens (including phenoxy) is 2. The largest absolute Gasteiger partial charge is 0.462 e. The molecule has 3 aliphatic heterocycles. The number of anilines is 1. The number of aromatic nitrogens is 2. The Bertz CT molecular complexity index is 868. The van der Waals surface area contributed by atoms with Gasteiger partial charge in [0, 0.05) is 37.8 Å². The molecular formula is C24H40N6O3. The van der Waals surface area contributed by atoms with Crippen molar-refractivity contribution in [3.63, 3.8) is 0 Å². The first-order valence-electron chi connectivity index (χ1n) is 12.2. The number of nitrogens with one attached hydrogen (secondary N) is 1. The fourth-order valence-electron chi connectivity index (χ4n) is 5.00. The Morgan fingerprint density at radius 2 is 2.00 bits per heavy atom. The van der Waals surface area contributed by atoms with Crippen molar-refractivity contribution in [3.8, 4) is 6.01 Å². The molecule has 1 amide bonds. The molecular weight excluding hydrogens is 420 g/mol. The van der Waals surface area contributed by atoms with Gasteiger partial charge in [0.25, 0.3) is 0 Å². The van der Waals surface area contributed by atoms with E-state index in [0.717, 1.165) is 44.0 Å². The molecule has 9 nitrogen and oxygen atoms in total. The number of likely N-dealkylation sites (N-methyl/N-ethyl adjacent to an activating group) is 1. The van der Waals surface area contributed by atoms with E-state index < -0.39 is 5.60 Å². The van der Waals surface area contributed by atoms with Crippen molar-refractivity contribution in [2.24, 2.45) is 0 Å². The molecule has 0 aliphatic carbocycles. The lowest BCUT2D eigenvalue weighted by atomic mass is 9.96. The van der Waals surface area contributed by atoms with Gasteiger partial charge in [0.2, 0.25) is 0 Å². The highest BCUT2D eigenvalue weighted by Gasteiger charge is 2.39. The van der Waals surface area contributed by atoms with Gasteiger partial charge in [0.05, 0.1) is 11.2 Å². The summed E-state index contributed by atoms with van der Waals surface area (Å²) >= 11 is 0. The summed E-state index contributed by atoms with van der Waals surface area (Å²) in [6, 6.07) is 0.873. The molecule has 4 rings (SSSR count). The first kappa shape index (κ1) is 24.0. The van der Waals surface area contributed by atoms with Gasteiger partial charge in [-0.05, 0) is 74.0 Å². The van der Waals surface area contributed by atoms with Gasteiger partial charge in [0.1, 0.15) is 18.0 Å². The zero-order valence-electron chi connectivity index (χ0n) is 21.1. The predicted octanol–water partition coefficient (Wildman–Crippen LogP) is 2.43. The fraction of sp³-hybridized carbons (Fsp3) is 0.792. The summed E-state index contributed by atoms with van der Waals surface area (Å²) in [5.41, 5.74) is 1.41. The Hall–Kier alpha value is -2.13. The highest BCUT2D eigenvalue weighted by atomic mass is 16.6. The summed E-state index contributed by atoms with van der Waals surface area (Å²) in [7, 11) is 2.15. The molecule has 9 heteroatoms. The van der Waals surface area contributed by atoms with Crippen LogP contribution in [0.2, 0.25) is 0 Å². The molecule has 1 N–H and O–H groups in total. The van der Waals surface area contributed by atoms with Crippen LogP contribution in [0.4, 0.5) is 10.6 Å². The molecule has 3 aliphatic rings. The van der Waals surface area contributed by atoms with Crippen molar-refractivity contribution >= 4 is 11.9 Å². The summed E-state index contributed by atoms with van der Waals surface area (Å²) < 4.78 is 11.8. The molecule has 2 fully saturated rings. The van der Waals surface area contributed by atoms with Crippen molar-refractivity contribution in [1.29, 1.82) is 0 Å². The van der Waals surface area contributed by atoms with Gasteiger partial charge in [-0.3, -0.25) is 0 Å². The second-order valence-electron chi connectivity index (χ2n) is 11.1. The quantitative estimate of drug-likeness (QED) is 0.734. The minimum Gasteiger partial charge on any atom is -0.462 e. The minimum atomic E-state index is -0.503. The number of amides is 1. The first-order chi connectivity index (χ1) is 15.5. The highest BCUT2D eigenvalue weighted by molar-refractivity contribution is 5.69. The Morgan fingerprint density at radius 3 is 2.67 bits per heavy atom. The summed E-state index contributed by atoms with van der Waals surface area (Å²) in [6.07, 6.45) is 2.99. The van der Waals surface area contributed by atoms with Gasteiger partial charge >= 0.3 is 12.1 Å². The van der Waals surface area contributed by atoms with Crippen LogP contribution in [0.3, 0.4) is 0 Å². The molecule has 0 radical (unpaired) electrons. The molecule has 184 valence electrons. The van der Waals surface area contributed by atoms with Crippen LogP contribution >= 0.6 is 0 Å². The van der Waals surface area contributed by atoms with Crippen molar-refractivity contribution in [2.75, 3.05) is 51.3 Å². The third kappa shape index (κ3) is 5.51. The summed E-state index contributed by atoms with van der Waals surface area (Å²) in [5, 5.41) is 3.42. The molecule has 4 heterocycles. The van der Waals surface area contributed by atoms with Gasteiger partial charge in [-0.25, -0.2) is 4.79 Å². The number of carbonyl (C=O) groups is 1. The number of carbonyl (C=O) groups excluding carboxylic acids is 1. The van der Waals surface area contributed by atoms with Crippen LogP contribution in [0.15, 0.2) is 0 Å². The number of hydrogen-bond acceptors (Lipinski definition) is 8. The van der Waals surface area contributed by atoms with Crippen molar-refractivity contribution in [1.82, 2.24) is 25.1 Å². The van der Waals surface area contributed by atoms with Gasteiger partial charge in [-0.1, -0.05) is 0 Å². The van der Waals surface area contributed by atoms with E-state index >= 15 is 0 Å². The Morgan fingerprint density at radius 1 is 1.21 bits per heavy atom. The molecule has 0 bridgehead atoms. The maximum absolute atomic E-state index is 12.7. The topological polar surface area (TPSA) is 83.1 Å². The lowest BCUT2D eigenvalue weighted by Crippen LogP contribution is -2.61. The number of nitrogens with zero attached hydrogens (tertiary/aromatic N) is 5. The SMILES string of the molecule is CN1CCC[C@H]1COc1nc2c(c(N3CCN(C(=O)OC(C)(C)C)CC3(C)C)n1)CCNC2. The van der Waals surface area contributed by atoms with Crippen molar-refractivity contribution < 1.29 is 14.3 Å². The van der Waals surface area contributed by atoms with Crippen molar-refractivity contribution in [2.45, 2.75) is 77.6 Å².